The van der Waals surface area contributed by atoms with Gasteiger partial charge in [-0.2, -0.15) is 0 Å². The average molecular weight is 557 g/mol. The van der Waals surface area contributed by atoms with Gasteiger partial charge in [-0.3, -0.25) is 0 Å². The lowest BCUT2D eigenvalue weighted by Gasteiger charge is -2.27. The Labute approximate surface area is 206 Å². The van der Waals surface area contributed by atoms with Crippen molar-refractivity contribution in [3.05, 3.63) is 65.5 Å². The molecular formula is C24H33FIN3O3. The number of benzene rings is 2. The van der Waals surface area contributed by atoms with Crippen molar-refractivity contribution in [2.75, 3.05) is 32.9 Å². The van der Waals surface area contributed by atoms with E-state index in [1.165, 1.54) is 12.1 Å². The Morgan fingerprint density at radius 1 is 1.19 bits per heavy atom. The van der Waals surface area contributed by atoms with Gasteiger partial charge in [0.2, 0.25) is 0 Å². The molecule has 1 aliphatic rings. The molecule has 0 radical (unpaired) electrons. The van der Waals surface area contributed by atoms with Gasteiger partial charge in [0.1, 0.15) is 18.2 Å². The highest BCUT2D eigenvalue weighted by atomic mass is 127. The first-order valence-electron chi connectivity index (χ1n) is 10.8. The average Bonchev–Trinajstić information content (AvgIpc) is 3.24. The Kier molecular flexibility index (Phi) is 11.2. The van der Waals surface area contributed by atoms with Crippen molar-refractivity contribution < 1.29 is 19.0 Å². The molecule has 32 heavy (non-hydrogen) atoms. The molecule has 0 spiro atoms. The number of aliphatic hydroxyl groups is 1. The van der Waals surface area contributed by atoms with Crippen LogP contribution >= 0.6 is 24.0 Å². The number of hydrogen-bond donors (Lipinski definition) is 3. The van der Waals surface area contributed by atoms with E-state index in [2.05, 4.69) is 15.6 Å². The SMILES string of the molecule is CCNC(=NCc1ccc(OCc2cccc(F)c2)cc1)NCC1(CCO)CCOC1.I. The minimum Gasteiger partial charge on any atom is -0.489 e. The standard InChI is InChI=1S/C24H32FN3O3.HI/c1-2-26-23(28-17-24(10-12-29)11-13-30-18-24)27-15-19-6-8-22(9-7-19)31-16-20-4-3-5-21(25)14-20;/h3-9,14,29H,2,10-13,15-18H2,1H3,(H2,26,27,28);1H. The first kappa shape index (κ1) is 26.3. The van der Waals surface area contributed by atoms with Crippen LogP contribution in [-0.2, 0) is 17.9 Å². The summed E-state index contributed by atoms with van der Waals surface area (Å²) in [6, 6.07) is 14.2. The molecular weight excluding hydrogens is 524 g/mol. The van der Waals surface area contributed by atoms with E-state index < -0.39 is 0 Å². The highest BCUT2D eigenvalue weighted by molar-refractivity contribution is 14.0. The van der Waals surface area contributed by atoms with Gasteiger partial charge in [0.25, 0.3) is 0 Å². The van der Waals surface area contributed by atoms with Crippen molar-refractivity contribution in [3.8, 4) is 5.75 Å². The quantitative estimate of drug-likeness (QED) is 0.235. The maximum absolute atomic E-state index is 13.3. The predicted molar refractivity (Wildman–Crippen MR) is 135 cm³/mol. The molecule has 1 atom stereocenters. The maximum atomic E-state index is 13.3. The molecule has 1 heterocycles. The highest BCUT2D eigenvalue weighted by Gasteiger charge is 2.34. The van der Waals surface area contributed by atoms with E-state index in [4.69, 9.17) is 9.47 Å². The lowest BCUT2D eigenvalue weighted by Crippen LogP contribution is -2.44. The van der Waals surface area contributed by atoms with Gasteiger partial charge < -0.3 is 25.2 Å². The zero-order chi connectivity index (χ0) is 21.9. The molecule has 1 fully saturated rings. The first-order chi connectivity index (χ1) is 15.1. The third-order valence-electron chi connectivity index (χ3n) is 5.44. The lowest BCUT2D eigenvalue weighted by atomic mass is 9.84. The molecule has 6 nitrogen and oxygen atoms in total. The summed E-state index contributed by atoms with van der Waals surface area (Å²) in [5.41, 5.74) is 1.82. The molecule has 2 aromatic carbocycles. The van der Waals surface area contributed by atoms with Crippen molar-refractivity contribution in [3.63, 3.8) is 0 Å². The fraction of sp³-hybridized carbons (Fsp3) is 0.458. The van der Waals surface area contributed by atoms with Crippen LogP contribution in [0.25, 0.3) is 0 Å². The van der Waals surface area contributed by atoms with Crippen LogP contribution in [0.2, 0.25) is 0 Å². The Hall–Kier alpha value is -1.91. The summed E-state index contributed by atoms with van der Waals surface area (Å²) in [5.74, 6) is 1.22. The maximum Gasteiger partial charge on any atom is 0.191 e. The van der Waals surface area contributed by atoms with Crippen molar-refractivity contribution in [1.82, 2.24) is 10.6 Å². The van der Waals surface area contributed by atoms with Crippen LogP contribution in [0.1, 0.15) is 30.9 Å². The Bertz CT molecular complexity index is 843. The fourth-order valence-corrected chi connectivity index (χ4v) is 3.58. The molecule has 0 bridgehead atoms. The summed E-state index contributed by atoms with van der Waals surface area (Å²) in [7, 11) is 0. The fourth-order valence-electron chi connectivity index (χ4n) is 3.58. The molecule has 3 rings (SSSR count). The van der Waals surface area contributed by atoms with Gasteiger partial charge in [-0.05, 0) is 55.2 Å². The van der Waals surface area contributed by atoms with Crippen molar-refractivity contribution in [1.29, 1.82) is 0 Å². The smallest absolute Gasteiger partial charge is 0.191 e. The molecule has 1 saturated heterocycles. The topological polar surface area (TPSA) is 75.1 Å². The lowest BCUT2D eigenvalue weighted by molar-refractivity contribution is 0.127. The number of halogens is 2. The largest absolute Gasteiger partial charge is 0.489 e. The van der Waals surface area contributed by atoms with Gasteiger partial charge in [-0.15, -0.1) is 24.0 Å². The monoisotopic (exact) mass is 557 g/mol. The van der Waals surface area contributed by atoms with E-state index in [9.17, 15) is 9.50 Å². The molecule has 176 valence electrons. The van der Waals surface area contributed by atoms with Crippen molar-refractivity contribution in [2.24, 2.45) is 10.4 Å². The molecule has 0 aromatic heterocycles. The second-order valence-corrected chi connectivity index (χ2v) is 7.89. The van der Waals surface area contributed by atoms with Gasteiger partial charge in [-0.1, -0.05) is 24.3 Å². The second kappa shape index (κ2) is 13.6. The number of guanidine groups is 1. The zero-order valence-electron chi connectivity index (χ0n) is 18.5. The summed E-state index contributed by atoms with van der Waals surface area (Å²) in [5, 5.41) is 16.1. The Morgan fingerprint density at radius 3 is 2.66 bits per heavy atom. The normalized spacial score (nSPS) is 18.2. The van der Waals surface area contributed by atoms with E-state index in [-0.39, 0.29) is 41.8 Å². The van der Waals surface area contributed by atoms with E-state index in [1.54, 1.807) is 6.07 Å². The second-order valence-electron chi connectivity index (χ2n) is 7.89. The summed E-state index contributed by atoms with van der Waals surface area (Å²) < 4.78 is 24.6. The van der Waals surface area contributed by atoms with Crippen LogP contribution in [0.5, 0.6) is 5.75 Å². The molecule has 2 aromatic rings. The number of aliphatic imine (C=N–C) groups is 1. The van der Waals surface area contributed by atoms with Crippen LogP contribution in [0.3, 0.4) is 0 Å². The molecule has 0 saturated carbocycles. The first-order valence-corrected chi connectivity index (χ1v) is 10.8. The van der Waals surface area contributed by atoms with Gasteiger partial charge in [0.15, 0.2) is 5.96 Å². The molecule has 1 unspecified atom stereocenters. The Balaban J connectivity index is 0.00000363. The van der Waals surface area contributed by atoms with Crippen LogP contribution in [0, 0.1) is 11.2 Å². The van der Waals surface area contributed by atoms with E-state index >= 15 is 0 Å². The molecule has 0 amide bonds. The Morgan fingerprint density at radius 2 is 2.00 bits per heavy atom. The minimum absolute atomic E-state index is 0. The highest BCUT2D eigenvalue weighted by Crippen LogP contribution is 2.31. The van der Waals surface area contributed by atoms with Crippen LogP contribution in [0.15, 0.2) is 53.5 Å². The molecule has 3 N–H and O–H groups in total. The number of rotatable bonds is 10. The van der Waals surface area contributed by atoms with Gasteiger partial charge in [-0.25, -0.2) is 9.38 Å². The number of nitrogens with zero attached hydrogens (tertiary/aromatic N) is 1. The minimum atomic E-state index is -0.262. The van der Waals surface area contributed by atoms with E-state index in [0.29, 0.717) is 26.3 Å². The van der Waals surface area contributed by atoms with Gasteiger partial charge in [0.05, 0.1) is 13.2 Å². The summed E-state index contributed by atoms with van der Waals surface area (Å²) in [6.07, 6.45) is 1.66. The third kappa shape index (κ3) is 8.22. The van der Waals surface area contributed by atoms with E-state index in [1.807, 2.05) is 37.3 Å². The predicted octanol–water partition coefficient (Wildman–Crippen LogP) is 3.87. The third-order valence-corrected chi connectivity index (χ3v) is 5.44. The van der Waals surface area contributed by atoms with Gasteiger partial charge >= 0.3 is 0 Å². The molecule has 0 aliphatic carbocycles. The summed E-state index contributed by atoms with van der Waals surface area (Å²) in [6.45, 7) is 5.93. The van der Waals surface area contributed by atoms with Gasteiger partial charge in [0, 0.05) is 31.7 Å². The van der Waals surface area contributed by atoms with E-state index in [0.717, 1.165) is 48.8 Å². The van der Waals surface area contributed by atoms with Crippen LogP contribution in [0.4, 0.5) is 4.39 Å². The summed E-state index contributed by atoms with van der Waals surface area (Å²) in [4.78, 5) is 4.68. The number of hydrogen-bond acceptors (Lipinski definition) is 4. The molecule has 8 heteroatoms. The van der Waals surface area contributed by atoms with Crippen molar-refractivity contribution in [2.45, 2.75) is 32.9 Å². The number of ether oxygens (including phenoxy) is 2. The molecule has 1 aliphatic heterocycles. The summed E-state index contributed by atoms with van der Waals surface area (Å²) >= 11 is 0. The van der Waals surface area contributed by atoms with Crippen LogP contribution < -0.4 is 15.4 Å². The zero-order valence-corrected chi connectivity index (χ0v) is 20.8. The number of aliphatic hydroxyl groups excluding tert-OH is 1. The number of nitrogens with one attached hydrogen (secondary N) is 2. The van der Waals surface area contributed by atoms with Crippen molar-refractivity contribution >= 4 is 29.9 Å². The van der Waals surface area contributed by atoms with Crippen LogP contribution in [-0.4, -0.2) is 44.0 Å².